The molecule has 1 aromatic carbocycles. The van der Waals surface area contributed by atoms with E-state index >= 15 is 0 Å². The number of carbonyl (C=O) groups is 1. The maximum atomic E-state index is 12.1. The monoisotopic (exact) mass is 274 g/mol. The van der Waals surface area contributed by atoms with Crippen molar-refractivity contribution in [3.05, 3.63) is 34.8 Å². The molecule has 0 atom stereocenters. The van der Waals surface area contributed by atoms with Crippen LogP contribution in [0.3, 0.4) is 0 Å². The molecule has 0 radical (unpaired) electrons. The van der Waals surface area contributed by atoms with Crippen LogP contribution in [0.25, 0.3) is 11.1 Å². The van der Waals surface area contributed by atoms with E-state index in [1.807, 2.05) is 23.1 Å². The second-order valence-electron chi connectivity index (χ2n) is 5.18. The molecule has 2 heterocycles. The van der Waals surface area contributed by atoms with E-state index in [9.17, 15) is 9.59 Å². The number of oxazole rings is 1. The van der Waals surface area contributed by atoms with Crippen LogP contribution in [0.5, 0.6) is 0 Å². The van der Waals surface area contributed by atoms with Gasteiger partial charge in [-0.1, -0.05) is 12.1 Å². The molecule has 0 unspecified atom stereocenters. The summed E-state index contributed by atoms with van der Waals surface area (Å²) in [4.78, 5) is 25.8. The van der Waals surface area contributed by atoms with E-state index in [0.717, 1.165) is 31.4 Å². The van der Waals surface area contributed by atoms with Crippen molar-refractivity contribution in [3.63, 3.8) is 0 Å². The van der Waals surface area contributed by atoms with Crippen molar-refractivity contribution in [2.24, 2.45) is 0 Å². The standard InChI is InChI=1S/C15H18N2O3/c18-14(16-9-4-1-5-10-16)8-11-17-12-6-2-3-7-13(12)20-15(17)19/h2-3,6-7H,1,4-5,8-11H2. The summed E-state index contributed by atoms with van der Waals surface area (Å²) in [5, 5.41) is 0. The Morgan fingerprint density at radius 1 is 1.15 bits per heavy atom. The minimum absolute atomic E-state index is 0.127. The average Bonchev–Trinajstić information content (AvgIpc) is 2.81. The van der Waals surface area contributed by atoms with Gasteiger partial charge in [-0.2, -0.15) is 0 Å². The Bertz CT molecular complexity index is 665. The normalized spacial score (nSPS) is 15.7. The Labute approximate surface area is 116 Å². The molecule has 106 valence electrons. The van der Waals surface area contributed by atoms with Gasteiger partial charge in [-0.15, -0.1) is 0 Å². The molecule has 0 saturated carbocycles. The summed E-state index contributed by atoms with van der Waals surface area (Å²) in [6.45, 7) is 2.07. The number of para-hydroxylation sites is 2. The van der Waals surface area contributed by atoms with Gasteiger partial charge in [0.1, 0.15) is 0 Å². The van der Waals surface area contributed by atoms with Gasteiger partial charge in [0, 0.05) is 26.1 Å². The van der Waals surface area contributed by atoms with Crippen LogP contribution < -0.4 is 5.76 Å². The van der Waals surface area contributed by atoms with Crippen LogP contribution in [0.1, 0.15) is 25.7 Å². The lowest BCUT2D eigenvalue weighted by Crippen LogP contribution is -2.36. The SMILES string of the molecule is O=C(CCn1c(=O)oc2ccccc21)N1CCCCC1. The van der Waals surface area contributed by atoms with Crippen LogP contribution >= 0.6 is 0 Å². The Balaban J connectivity index is 1.72. The van der Waals surface area contributed by atoms with Crippen LogP contribution in [0.4, 0.5) is 0 Å². The molecule has 0 N–H and O–H groups in total. The molecule has 0 bridgehead atoms. The van der Waals surface area contributed by atoms with Gasteiger partial charge in [0.05, 0.1) is 5.52 Å². The Hall–Kier alpha value is -2.04. The summed E-state index contributed by atoms with van der Waals surface area (Å²) in [5.41, 5.74) is 1.33. The molecule has 0 aliphatic carbocycles. The number of nitrogens with zero attached hydrogens (tertiary/aromatic N) is 2. The van der Waals surface area contributed by atoms with Crippen molar-refractivity contribution in [1.29, 1.82) is 0 Å². The highest BCUT2D eigenvalue weighted by atomic mass is 16.4. The highest BCUT2D eigenvalue weighted by Crippen LogP contribution is 2.13. The van der Waals surface area contributed by atoms with Crippen molar-refractivity contribution in [3.8, 4) is 0 Å². The number of piperidine rings is 1. The fraction of sp³-hybridized carbons (Fsp3) is 0.467. The molecule has 1 aliphatic heterocycles. The third kappa shape index (κ3) is 2.48. The molecule has 0 spiro atoms. The van der Waals surface area contributed by atoms with Gasteiger partial charge in [0.15, 0.2) is 5.58 Å². The third-order valence-corrected chi connectivity index (χ3v) is 3.83. The minimum atomic E-state index is -0.391. The lowest BCUT2D eigenvalue weighted by atomic mass is 10.1. The topological polar surface area (TPSA) is 55.5 Å². The largest absolute Gasteiger partial charge is 0.419 e. The van der Waals surface area contributed by atoms with Crippen LogP contribution in [0.2, 0.25) is 0 Å². The fourth-order valence-corrected chi connectivity index (χ4v) is 2.73. The first kappa shape index (κ1) is 13.0. The van der Waals surface area contributed by atoms with Gasteiger partial charge in [-0.3, -0.25) is 9.36 Å². The number of rotatable bonds is 3. The minimum Gasteiger partial charge on any atom is -0.408 e. The molecule has 2 aromatic rings. The number of aromatic nitrogens is 1. The first-order valence-electron chi connectivity index (χ1n) is 7.12. The molecular weight excluding hydrogens is 256 g/mol. The zero-order valence-electron chi connectivity index (χ0n) is 11.4. The van der Waals surface area contributed by atoms with Gasteiger partial charge in [0.2, 0.25) is 5.91 Å². The smallest absolute Gasteiger partial charge is 0.408 e. The van der Waals surface area contributed by atoms with Crippen molar-refractivity contribution in [2.45, 2.75) is 32.2 Å². The van der Waals surface area contributed by atoms with E-state index in [1.165, 1.54) is 11.0 Å². The van der Waals surface area contributed by atoms with Gasteiger partial charge in [-0.05, 0) is 31.4 Å². The highest BCUT2D eigenvalue weighted by molar-refractivity contribution is 5.77. The van der Waals surface area contributed by atoms with Gasteiger partial charge in [-0.25, -0.2) is 4.79 Å². The highest BCUT2D eigenvalue weighted by Gasteiger charge is 2.17. The quantitative estimate of drug-likeness (QED) is 0.860. The van der Waals surface area contributed by atoms with Gasteiger partial charge >= 0.3 is 5.76 Å². The zero-order valence-corrected chi connectivity index (χ0v) is 11.4. The van der Waals surface area contributed by atoms with Gasteiger partial charge in [0.25, 0.3) is 0 Å². The van der Waals surface area contributed by atoms with E-state index in [0.29, 0.717) is 18.5 Å². The first-order valence-corrected chi connectivity index (χ1v) is 7.12. The zero-order chi connectivity index (χ0) is 13.9. The molecule has 3 rings (SSSR count). The fourth-order valence-electron chi connectivity index (χ4n) is 2.73. The number of amides is 1. The summed E-state index contributed by atoms with van der Waals surface area (Å²) < 4.78 is 6.70. The number of hydrogen-bond acceptors (Lipinski definition) is 3. The third-order valence-electron chi connectivity index (χ3n) is 3.83. The second kappa shape index (κ2) is 5.53. The van der Waals surface area contributed by atoms with Crippen molar-refractivity contribution < 1.29 is 9.21 Å². The summed E-state index contributed by atoms with van der Waals surface area (Å²) in [5.74, 6) is -0.264. The number of hydrogen-bond donors (Lipinski definition) is 0. The molecular formula is C15H18N2O3. The predicted octanol–water partition coefficient (Wildman–Crippen LogP) is 2.00. The lowest BCUT2D eigenvalue weighted by molar-refractivity contribution is -0.132. The number of carbonyl (C=O) groups excluding carboxylic acids is 1. The summed E-state index contributed by atoms with van der Waals surface area (Å²) in [7, 11) is 0. The maximum absolute atomic E-state index is 12.1. The Morgan fingerprint density at radius 2 is 1.90 bits per heavy atom. The maximum Gasteiger partial charge on any atom is 0.419 e. The summed E-state index contributed by atoms with van der Waals surface area (Å²) in [6.07, 6.45) is 3.72. The Kier molecular flexibility index (Phi) is 3.58. The molecule has 1 aliphatic rings. The average molecular weight is 274 g/mol. The van der Waals surface area contributed by atoms with Crippen LogP contribution in [-0.4, -0.2) is 28.5 Å². The number of benzene rings is 1. The molecule has 1 fully saturated rings. The Morgan fingerprint density at radius 3 is 2.70 bits per heavy atom. The van der Waals surface area contributed by atoms with E-state index in [4.69, 9.17) is 4.42 Å². The lowest BCUT2D eigenvalue weighted by Gasteiger charge is -2.26. The van der Waals surface area contributed by atoms with Crippen molar-refractivity contribution >= 4 is 17.0 Å². The van der Waals surface area contributed by atoms with E-state index in [1.54, 1.807) is 6.07 Å². The van der Waals surface area contributed by atoms with Crippen molar-refractivity contribution in [1.82, 2.24) is 9.47 Å². The van der Waals surface area contributed by atoms with Crippen LogP contribution in [-0.2, 0) is 11.3 Å². The number of likely N-dealkylation sites (tertiary alicyclic amines) is 1. The van der Waals surface area contributed by atoms with Gasteiger partial charge < -0.3 is 9.32 Å². The molecule has 1 aromatic heterocycles. The van der Waals surface area contributed by atoms with E-state index in [-0.39, 0.29) is 5.91 Å². The molecule has 5 nitrogen and oxygen atoms in total. The van der Waals surface area contributed by atoms with Crippen molar-refractivity contribution in [2.75, 3.05) is 13.1 Å². The number of aryl methyl sites for hydroxylation is 1. The van der Waals surface area contributed by atoms with E-state index < -0.39 is 5.76 Å². The predicted molar refractivity (Wildman–Crippen MR) is 75.5 cm³/mol. The number of fused-ring (bicyclic) bond motifs is 1. The first-order chi connectivity index (χ1) is 9.75. The van der Waals surface area contributed by atoms with E-state index in [2.05, 4.69) is 0 Å². The molecule has 1 amide bonds. The summed E-state index contributed by atoms with van der Waals surface area (Å²) in [6, 6.07) is 7.29. The van der Waals surface area contributed by atoms with Crippen LogP contribution in [0, 0.1) is 0 Å². The molecule has 1 saturated heterocycles. The summed E-state index contributed by atoms with van der Waals surface area (Å²) >= 11 is 0. The van der Waals surface area contributed by atoms with Crippen LogP contribution in [0.15, 0.2) is 33.5 Å². The second-order valence-corrected chi connectivity index (χ2v) is 5.18. The molecule has 20 heavy (non-hydrogen) atoms. The molecule has 5 heteroatoms.